The summed E-state index contributed by atoms with van der Waals surface area (Å²) in [6.45, 7) is 0.474. The lowest BCUT2D eigenvalue weighted by Gasteiger charge is -2.29. The summed E-state index contributed by atoms with van der Waals surface area (Å²) in [7, 11) is 0. The zero-order chi connectivity index (χ0) is 18.6. The van der Waals surface area contributed by atoms with Gasteiger partial charge in [-0.05, 0) is 37.8 Å². The third-order valence-corrected chi connectivity index (χ3v) is 5.74. The van der Waals surface area contributed by atoms with Crippen molar-refractivity contribution in [3.63, 3.8) is 0 Å². The maximum absolute atomic E-state index is 14.1. The van der Waals surface area contributed by atoms with E-state index in [0.29, 0.717) is 30.0 Å². The SMILES string of the molecule is N#CC1(NC(=O)CN(Cc2c(F)cccc2Cl)C2CC2)CCCCCC1. The van der Waals surface area contributed by atoms with Crippen LogP contribution in [0.15, 0.2) is 18.2 Å². The number of amides is 1. The van der Waals surface area contributed by atoms with E-state index in [-0.39, 0.29) is 24.3 Å². The molecule has 1 amide bonds. The van der Waals surface area contributed by atoms with Gasteiger partial charge in [0, 0.05) is 23.2 Å². The number of nitrogens with zero attached hydrogens (tertiary/aromatic N) is 2. The fourth-order valence-corrected chi connectivity index (χ4v) is 3.95. The Morgan fingerprint density at radius 2 is 2.00 bits per heavy atom. The molecule has 2 fully saturated rings. The first kappa shape index (κ1) is 19.1. The smallest absolute Gasteiger partial charge is 0.235 e. The summed E-state index contributed by atoms with van der Waals surface area (Å²) in [6, 6.07) is 7.26. The molecule has 0 radical (unpaired) electrons. The fraction of sp³-hybridized carbons (Fsp3) is 0.600. The van der Waals surface area contributed by atoms with Crippen molar-refractivity contribution in [2.75, 3.05) is 6.54 Å². The third-order valence-electron chi connectivity index (χ3n) is 5.38. The van der Waals surface area contributed by atoms with Crippen molar-refractivity contribution in [1.82, 2.24) is 10.2 Å². The second-order valence-electron chi connectivity index (χ2n) is 7.49. The number of nitriles is 1. The summed E-state index contributed by atoms with van der Waals surface area (Å²) >= 11 is 6.14. The number of halogens is 2. The molecule has 0 unspecified atom stereocenters. The predicted octanol–water partition coefficient (Wildman–Crippen LogP) is 4.18. The molecule has 1 aromatic rings. The Kier molecular flexibility index (Phi) is 6.16. The molecule has 140 valence electrons. The van der Waals surface area contributed by atoms with Gasteiger partial charge in [-0.3, -0.25) is 9.69 Å². The van der Waals surface area contributed by atoms with Crippen molar-refractivity contribution in [2.24, 2.45) is 0 Å². The molecular formula is C20H25ClFN3O. The van der Waals surface area contributed by atoms with Crippen LogP contribution in [0.1, 0.15) is 56.9 Å². The predicted molar refractivity (Wildman–Crippen MR) is 99.0 cm³/mol. The van der Waals surface area contributed by atoms with Crippen LogP contribution in [-0.4, -0.2) is 28.9 Å². The minimum atomic E-state index is -0.752. The maximum atomic E-state index is 14.1. The van der Waals surface area contributed by atoms with E-state index in [1.54, 1.807) is 12.1 Å². The quantitative estimate of drug-likeness (QED) is 0.757. The lowest BCUT2D eigenvalue weighted by Crippen LogP contribution is -2.50. The van der Waals surface area contributed by atoms with Gasteiger partial charge in [-0.25, -0.2) is 4.39 Å². The van der Waals surface area contributed by atoms with E-state index in [1.165, 1.54) is 6.07 Å². The number of rotatable bonds is 6. The molecule has 4 nitrogen and oxygen atoms in total. The molecule has 0 heterocycles. The molecular weight excluding hydrogens is 353 g/mol. The minimum absolute atomic E-state index is 0.159. The lowest BCUT2D eigenvalue weighted by atomic mass is 9.92. The normalized spacial score (nSPS) is 19.6. The Labute approximate surface area is 159 Å². The van der Waals surface area contributed by atoms with Crippen LogP contribution in [0.4, 0.5) is 4.39 Å². The van der Waals surface area contributed by atoms with Crippen LogP contribution in [0.2, 0.25) is 5.02 Å². The number of carbonyl (C=O) groups excluding carboxylic acids is 1. The van der Waals surface area contributed by atoms with E-state index >= 15 is 0 Å². The van der Waals surface area contributed by atoms with Gasteiger partial charge < -0.3 is 5.32 Å². The minimum Gasteiger partial charge on any atom is -0.337 e. The molecule has 0 aliphatic heterocycles. The lowest BCUT2D eigenvalue weighted by molar-refractivity contribution is -0.124. The van der Waals surface area contributed by atoms with E-state index in [0.717, 1.165) is 38.5 Å². The highest BCUT2D eigenvalue weighted by molar-refractivity contribution is 6.31. The monoisotopic (exact) mass is 377 g/mol. The molecule has 3 rings (SSSR count). The van der Waals surface area contributed by atoms with Gasteiger partial charge in [0.15, 0.2) is 0 Å². The summed E-state index contributed by atoms with van der Waals surface area (Å²) < 4.78 is 14.1. The number of hydrogen-bond acceptors (Lipinski definition) is 3. The van der Waals surface area contributed by atoms with Gasteiger partial charge in [0.25, 0.3) is 0 Å². The molecule has 1 N–H and O–H groups in total. The number of hydrogen-bond donors (Lipinski definition) is 1. The highest BCUT2D eigenvalue weighted by atomic mass is 35.5. The summed E-state index contributed by atoms with van der Waals surface area (Å²) in [6.07, 6.45) is 7.57. The number of nitrogens with one attached hydrogen (secondary N) is 1. The van der Waals surface area contributed by atoms with Crippen LogP contribution < -0.4 is 5.32 Å². The van der Waals surface area contributed by atoms with Crippen LogP contribution in [-0.2, 0) is 11.3 Å². The molecule has 2 aliphatic carbocycles. The summed E-state index contributed by atoms with van der Waals surface area (Å²) in [5.41, 5.74) is -0.323. The largest absolute Gasteiger partial charge is 0.337 e. The second kappa shape index (κ2) is 8.37. The molecule has 1 aromatic carbocycles. The van der Waals surface area contributed by atoms with E-state index in [9.17, 15) is 14.4 Å². The van der Waals surface area contributed by atoms with Gasteiger partial charge in [-0.15, -0.1) is 0 Å². The molecule has 0 saturated heterocycles. The average molecular weight is 378 g/mol. The Hall–Kier alpha value is -1.64. The van der Waals surface area contributed by atoms with Gasteiger partial charge >= 0.3 is 0 Å². The average Bonchev–Trinajstić information content (AvgIpc) is 3.45. The van der Waals surface area contributed by atoms with E-state index in [1.807, 2.05) is 4.90 Å². The first-order valence-corrected chi connectivity index (χ1v) is 9.80. The second-order valence-corrected chi connectivity index (χ2v) is 7.90. The Balaban J connectivity index is 1.66. The fourth-order valence-electron chi connectivity index (χ4n) is 3.73. The van der Waals surface area contributed by atoms with Crippen molar-refractivity contribution in [2.45, 2.75) is 69.5 Å². The van der Waals surface area contributed by atoms with Crippen LogP contribution in [0.3, 0.4) is 0 Å². The highest BCUT2D eigenvalue weighted by Gasteiger charge is 2.35. The molecule has 2 aliphatic rings. The Bertz CT molecular complexity index is 671. The molecule has 0 bridgehead atoms. The van der Waals surface area contributed by atoms with Crippen LogP contribution in [0.5, 0.6) is 0 Å². The van der Waals surface area contributed by atoms with Gasteiger partial charge in [0.2, 0.25) is 5.91 Å². The summed E-state index contributed by atoms with van der Waals surface area (Å²) in [4.78, 5) is 14.6. The van der Waals surface area contributed by atoms with Crippen LogP contribution >= 0.6 is 11.6 Å². The van der Waals surface area contributed by atoms with Crippen molar-refractivity contribution in [1.29, 1.82) is 5.26 Å². The molecule has 26 heavy (non-hydrogen) atoms. The van der Waals surface area contributed by atoms with E-state index < -0.39 is 5.54 Å². The third kappa shape index (κ3) is 4.75. The molecule has 6 heteroatoms. The zero-order valence-corrected chi connectivity index (χ0v) is 15.7. The highest BCUT2D eigenvalue weighted by Crippen LogP contribution is 2.31. The van der Waals surface area contributed by atoms with Gasteiger partial charge in [-0.2, -0.15) is 5.26 Å². The zero-order valence-electron chi connectivity index (χ0n) is 14.9. The topological polar surface area (TPSA) is 56.1 Å². The van der Waals surface area contributed by atoms with Crippen LogP contribution in [0, 0.1) is 17.1 Å². The molecule has 0 atom stereocenters. The van der Waals surface area contributed by atoms with E-state index in [2.05, 4.69) is 11.4 Å². The van der Waals surface area contributed by atoms with Crippen molar-refractivity contribution in [3.05, 3.63) is 34.6 Å². The molecule has 0 aromatic heterocycles. The molecule has 0 spiro atoms. The van der Waals surface area contributed by atoms with E-state index in [4.69, 9.17) is 11.6 Å². The first-order chi connectivity index (χ1) is 12.5. The summed E-state index contributed by atoms with van der Waals surface area (Å²) in [5.74, 6) is -0.506. The Morgan fingerprint density at radius 3 is 2.58 bits per heavy atom. The summed E-state index contributed by atoms with van der Waals surface area (Å²) in [5, 5.41) is 13.0. The van der Waals surface area contributed by atoms with Crippen LogP contribution in [0.25, 0.3) is 0 Å². The first-order valence-electron chi connectivity index (χ1n) is 9.42. The van der Waals surface area contributed by atoms with Crippen molar-refractivity contribution >= 4 is 17.5 Å². The van der Waals surface area contributed by atoms with Crippen molar-refractivity contribution < 1.29 is 9.18 Å². The van der Waals surface area contributed by atoms with Gasteiger partial charge in [-0.1, -0.05) is 43.4 Å². The van der Waals surface area contributed by atoms with Crippen molar-refractivity contribution in [3.8, 4) is 6.07 Å². The van der Waals surface area contributed by atoms with Gasteiger partial charge in [0.05, 0.1) is 12.6 Å². The number of carbonyl (C=O) groups is 1. The number of benzene rings is 1. The van der Waals surface area contributed by atoms with Gasteiger partial charge in [0.1, 0.15) is 11.4 Å². The Morgan fingerprint density at radius 1 is 1.31 bits per heavy atom. The maximum Gasteiger partial charge on any atom is 0.235 e. The molecule has 2 saturated carbocycles. The standard InChI is InChI=1S/C20H25ClFN3O/c21-17-6-5-7-18(22)16(17)12-25(15-8-9-15)13-19(26)24-20(14-23)10-3-1-2-4-11-20/h5-7,15H,1-4,8-13H2,(H,24,26).